The fraction of sp³-hybridized carbons (Fsp3) is 0.600. The number of hydrogen-bond donors (Lipinski definition) is 1. The summed E-state index contributed by atoms with van der Waals surface area (Å²) >= 11 is 1.77. The van der Waals surface area contributed by atoms with Crippen molar-refractivity contribution in [1.82, 2.24) is 9.97 Å². The van der Waals surface area contributed by atoms with Gasteiger partial charge in [-0.1, -0.05) is 20.3 Å². The minimum atomic E-state index is 0.736. The van der Waals surface area contributed by atoms with Gasteiger partial charge in [-0.3, -0.25) is 4.98 Å². The molecule has 0 amide bonds. The standard InChI is InChI=1S/C10H17N3S/c1-4-8(2)7-14-10-6-12-5-9(11-3)13-10/h5-6,8H,4,7H2,1-3H3,(H,11,13). The predicted octanol–water partition coefficient (Wildman–Crippen LogP) is 2.66. The van der Waals surface area contributed by atoms with Crippen LogP contribution in [0.5, 0.6) is 0 Å². The number of aromatic nitrogens is 2. The van der Waals surface area contributed by atoms with Crippen molar-refractivity contribution in [3.63, 3.8) is 0 Å². The van der Waals surface area contributed by atoms with Crippen LogP contribution in [-0.4, -0.2) is 22.8 Å². The Morgan fingerprint density at radius 2 is 2.29 bits per heavy atom. The van der Waals surface area contributed by atoms with Crippen LogP contribution < -0.4 is 5.32 Å². The zero-order valence-electron chi connectivity index (χ0n) is 8.95. The van der Waals surface area contributed by atoms with E-state index in [-0.39, 0.29) is 0 Å². The van der Waals surface area contributed by atoms with E-state index in [0.29, 0.717) is 0 Å². The van der Waals surface area contributed by atoms with Crippen LogP contribution in [0.4, 0.5) is 5.82 Å². The molecule has 1 aromatic heterocycles. The van der Waals surface area contributed by atoms with Gasteiger partial charge in [0.15, 0.2) is 0 Å². The van der Waals surface area contributed by atoms with Crippen LogP contribution in [0, 0.1) is 5.92 Å². The van der Waals surface area contributed by atoms with Gasteiger partial charge in [0.2, 0.25) is 0 Å². The summed E-state index contributed by atoms with van der Waals surface area (Å²) in [5.41, 5.74) is 0. The van der Waals surface area contributed by atoms with Crippen LogP contribution in [0.1, 0.15) is 20.3 Å². The molecule has 0 spiro atoms. The van der Waals surface area contributed by atoms with Gasteiger partial charge in [-0.15, -0.1) is 11.8 Å². The van der Waals surface area contributed by atoms with E-state index in [2.05, 4.69) is 29.1 Å². The molecule has 3 nitrogen and oxygen atoms in total. The summed E-state index contributed by atoms with van der Waals surface area (Å²) in [6.07, 6.45) is 4.76. The number of rotatable bonds is 5. The van der Waals surface area contributed by atoms with Gasteiger partial charge >= 0.3 is 0 Å². The Morgan fingerprint density at radius 1 is 1.50 bits per heavy atom. The van der Waals surface area contributed by atoms with Gasteiger partial charge in [-0.05, 0) is 5.92 Å². The fourth-order valence-electron chi connectivity index (χ4n) is 0.884. The van der Waals surface area contributed by atoms with Crippen molar-refractivity contribution in [2.45, 2.75) is 25.3 Å². The first-order valence-electron chi connectivity index (χ1n) is 4.88. The molecule has 1 rings (SSSR count). The average molecular weight is 211 g/mol. The predicted molar refractivity (Wildman–Crippen MR) is 61.8 cm³/mol. The van der Waals surface area contributed by atoms with Gasteiger partial charge in [0.25, 0.3) is 0 Å². The molecule has 0 aliphatic heterocycles. The summed E-state index contributed by atoms with van der Waals surface area (Å²) in [4.78, 5) is 8.50. The highest BCUT2D eigenvalue weighted by molar-refractivity contribution is 7.99. The number of anilines is 1. The quantitative estimate of drug-likeness (QED) is 0.760. The molecule has 4 heteroatoms. The van der Waals surface area contributed by atoms with E-state index >= 15 is 0 Å². The summed E-state index contributed by atoms with van der Waals surface area (Å²) in [5.74, 6) is 2.68. The molecule has 0 saturated heterocycles. The maximum atomic E-state index is 4.39. The van der Waals surface area contributed by atoms with E-state index < -0.39 is 0 Å². The van der Waals surface area contributed by atoms with Crippen molar-refractivity contribution in [1.29, 1.82) is 0 Å². The minimum absolute atomic E-state index is 0.736. The Balaban J connectivity index is 2.50. The van der Waals surface area contributed by atoms with E-state index in [1.54, 1.807) is 18.0 Å². The van der Waals surface area contributed by atoms with Gasteiger partial charge in [-0.25, -0.2) is 4.98 Å². The second-order valence-electron chi connectivity index (χ2n) is 3.32. The van der Waals surface area contributed by atoms with Crippen molar-refractivity contribution in [3.05, 3.63) is 12.4 Å². The van der Waals surface area contributed by atoms with Gasteiger partial charge in [0.05, 0.1) is 12.4 Å². The molecule has 0 aromatic carbocycles. The van der Waals surface area contributed by atoms with Crippen LogP contribution in [0.3, 0.4) is 0 Å². The Labute approximate surface area is 89.7 Å². The summed E-state index contributed by atoms with van der Waals surface area (Å²) in [7, 11) is 1.85. The molecule has 0 bridgehead atoms. The first kappa shape index (κ1) is 11.3. The number of nitrogens with one attached hydrogen (secondary N) is 1. The van der Waals surface area contributed by atoms with Crippen LogP contribution in [0.15, 0.2) is 17.4 Å². The normalized spacial score (nSPS) is 12.5. The highest BCUT2D eigenvalue weighted by atomic mass is 32.2. The number of hydrogen-bond acceptors (Lipinski definition) is 4. The lowest BCUT2D eigenvalue weighted by Gasteiger charge is -2.07. The second-order valence-corrected chi connectivity index (χ2v) is 4.36. The monoisotopic (exact) mass is 211 g/mol. The molecule has 78 valence electrons. The zero-order valence-corrected chi connectivity index (χ0v) is 9.77. The lowest BCUT2D eigenvalue weighted by molar-refractivity contribution is 0.636. The lowest BCUT2D eigenvalue weighted by atomic mass is 10.2. The third kappa shape index (κ3) is 3.54. The smallest absolute Gasteiger partial charge is 0.145 e. The topological polar surface area (TPSA) is 37.8 Å². The third-order valence-electron chi connectivity index (χ3n) is 2.08. The molecule has 0 aliphatic carbocycles. The summed E-state index contributed by atoms with van der Waals surface area (Å²) in [6, 6.07) is 0. The second kappa shape index (κ2) is 5.86. The summed E-state index contributed by atoms with van der Waals surface area (Å²) < 4.78 is 0. The highest BCUT2D eigenvalue weighted by Crippen LogP contribution is 2.19. The van der Waals surface area contributed by atoms with Crippen molar-refractivity contribution in [3.8, 4) is 0 Å². The minimum Gasteiger partial charge on any atom is -0.372 e. The molecule has 14 heavy (non-hydrogen) atoms. The Hall–Kier alpha value is -0.770. The van der Waals surface area contributed by atoms with Crippen LogP contribution >= 0.6 is 11.8 Å². The van der Waals surface area contributed by atoms with Crippen molar-refractivity contribution in [2.24, 2.45) is 5.92 Å². The fourth-order valence-corrected chi connectivity index (χ4v) is 1.87. The van der Waals surface area contributed by atoms with Crippen molar-refractivity contribution in [2.75, 3.05) is 18.1 Å². The Kier molecular flexibility index (Phi) is 4.73. The molecule has 1 N–H and O–H groups in total. The average Bonchev–Trinajstić information content (AvgIpc) is 2.26. The highest BCUT2D eigenvalue weighted by Gasteiger charge is 2.02. The van der Waals surface area contributed by atoms with Gasteiger partial charge < -0.3 is 5.32 Å². The lowest BCUT2D eigenvalue weighted by Crippen LogP contribution is -1.98. The molecule has 1 atom stereocenters. The molecule has 1 aromatic rings. The largest absolute Gasteiger partial charge is 0.372 e. The summed E-state index contributed by atoms with van der Waals surface area (Å²) in [5, 5.41) is 3.98. The van der Waals surface area contributed by atoms with Crippen LogP contribution in [0.25, 0.3) is 0 Å². The Morgan fingerprint density at radius 3 is 2.93 bits per heavy atom. The first-order valence-corrected chi connectivity index (χ1v) is 5.87. The number of nitrogens with zero attached hydrogens (tertiary/aromatic N) is 2. The molecule has 0 saturated carbocycles. The molecule has 1 unspecified atom stereocenters. The van der Waals surface area contributed by atoms with Crippen LogP contribution in [-0.2, 0) is 0 Å². The maximum Gasteiger partial charge on any atom is 0.145 e. The molecule has 1 heterocycles. The molecule has 0 aliphatic rings. The van der Waals surface area contributed by atoms with E-state index in [0.717, 1.165) is 22.5 Å². The van der Waals surface area contributed by atoms with Gasteiger partial charge in [-0.2, -0.15) is 0 Å². The van der Waals surface area contributed by atoms with E-state index in [1.807, 2.05) is 13.2 Å². The van der Waals surface area contributed by atoms with E-state index in [9.17, 15) is 0 Å². The van der Waals surface area contributed by atoms with E-state index in [4.69, 9.17) is 0 Å². The Bertz CT molecular complexity index is 278. The van der Waals surface area contributed by atoms with Crippen molar-refractivity contribution < 1.29 is 0 Å². The zero-order chi connectivity index (χ0) is 10.4. The summed E-state index contributed by atoms with van der Waals surface area (Å²) in [6.45, 7) is 4.46. The molecular formula is C10H17N3S. The maximum absolute atomic E-state index is 4.39. The molecular weight excluding hydrogens is 194 g/mol. The van der Waals surface area contributed by atoms with Crippen molar-refractivity contribution >= 4 is 17.6 Å². The third-order valence-corrected chi connectivity index (χ3v) is 3.31. The van der Waals surface area contributed by atoms with E-state index in [1.165, 1.54) is 6.42 Å². The first-order chi connectivity index (χ1) is 6.76. The SMILES string of the molecule is CCC(C)CSc1cncc(NC)n1. The molecule has 0 radical (unpaired) electrons. The number of thioether (sulfide) groups is 1. The van der Waals surface area contributed by atoms with Crippen LogP contribution in [0.2, 0.25) is 0 Å². The van der Waals surface area contributed by atoms with Gasteiger partial charge in [0, 0.05) is 12.8 Å². The van der Waals surface area contributed by atoms with Gasteiger partial charge in [0.1, 0.15) is 10.8 Å². The molecule has 0 fully saturated rings.